The molecule has 1 saturated heterocycles. The van der Waals surface area contributed by atoms with Crippen molar-refractivity contribution in [1.29, 1.82) is 0 Å². The highest BCUT2D eigenvalue weighted by Crippen LogP contribution is 2.39. The second-order valence-electron chi connectivity index (χ2n) is 8.08. The van der Waals surface area contributed by atoms with Crippen LogP contribution in [-0.2, 0) is 16.2 Å². The van der Waals surface area contributed by atoms with Gasteiger partial charge in [-0.05, 0) is 76.1 Å². The average molecular weight is 621 g/mol. The number of anilines is 1. The molecule has 39 heavy (non-hydrogen) atoms. The summed E-state index contributed by atoms with van der Waals surface area (Å²) >= 11 is 4.09. The Morgan fingerprint density at radius 2 is 1.79 bits per heavy atom. The summed E-state index contributed by atoms with van der Waals surface area (Å²) in [6.45, 7) is 1.71. The van der Waals surface area contributed by atoms with E-state index in [-0.39, 0.29) is 4.91 Å². The van der Waals surface area contributed by atoms with Crippen LogP contribution in [-0.4, -0.2) is 35.1 Å². The zero-order chi connectivity index (χ0) is 28.1. The number of hydrogen-bond acceptors (Lipinski definition) is 6. The number of rotatable bonds is 9. The Bertz CT molecular complexity index is 1470. The fourth-order valence-electron chi connectivity index (χ4n) is 3.55. The fourth-order valence-corrected chi connectivity index (χ4v) is 4.96. The maximum Gasteiger partial charge on any atom is 0.294 e. The third-order valence-corrected chi connectivity index (χ3v) is 6.84. The van der Waals surface area contributed by atoms with Gasteiger partial charge >= 0.3 is 0 Å². The largest absolute Gasteiger partial charge is 0.490 e. The second-order valence-corrected chi connectivity index (χ2v) is 9.92. The van der Waals surface area contributed by atoms with Gasteiger partial charge in [-0.25, -0.2) is 13.2 Å². The molecule has 7 nitrogen and oxygen atoms in total. The summed E-state index contributed by atoms with van der Waals surface area (Å²) in [5.74, 6) is -5.60. The summed E-state index contributed by atoms with van der Waals surface area (Å²) in [6, 6.07) is 14.4. The minimum atomic E-state index is -1.75. The number of carbonyl (C=O) groups is 3. The van der Waals surface area contributed by atoms with Gasteiger partial charge in [0.25, 0.3) is 11.1 Å². The molecule has 1 heterocycles. The highest BCUT2D eigenvalue weighted by atomic mass is 79.9. The summed E-state index contributed by atoms with van der Waals surface area (Å²) in [7, 11) is 0. The molecule has 0 spiro atoms. The van der Waals surface area contributed by atoms with Gasteiger partial charge < -0.3 is 14.8 Å². The van der Waals surface area contributed by atoms with E-state index in [9.17, 15) is 27.6 Å². The van der Waals surface area contributed by atoms with E-state index in [1.54, 1.807) is 12.1 Å². The van der Waals surface area contributed by atoms with E-state index in [0.717, 1.165) is 11.6 Å². The maximum absolute atomic E-state index is 13.9. The van der Waals surface area contributed by atoms with Crippen molar-refractivity contribution >= 4 is 56.5 Å². The van der Waals surface area contributed by atoms with Crippen LogP contribution < -0.4 is 14.8 Å². The van der Waals surface area contributed by atoms with Crippen LogP contribution in [0.5, 0.6) is 11.5 Å². The molecule has 0 unspecified atom stereocenters. The zero-order valence-electron chi connectivity index (χ0n) is 20.3. The Balaban J connectivity index is 1.49. The van der Waals surface area contributed by atoms with Crippen molar-refractivity contribution in [3.8, 4) is 11.5 Å². The van der Waals surface area contributed by atoms with Crippen LogP contribution in [0.3, 0.4) is 0 Å². The van der Waals surface area contributed by atoms with Crippen molar-refractivity contribution in [3.63, 3.8) is 0 Å². The van der Waals surface area contributed by atoms with E-state index in [0.29, 0.717) is 57.5 Å². The third-order valence-electron chi connectivity index (χ3n) is 5.34. The molecule has 1 aliphatic rings. The second kappa shape index (κ2) is 12.4. The van der Waals surface area contributed by atoms with Gasteiger partial charge in [-0.15, -0.1) is 0 Å². The summed E-state index contributed by atoms with van der Waals surface area (Å²) in [5, 5.41) is 1.31. The van der Waals surface area contributed by atoms with Crippen molar-refractivity contribution in [2.75, 3.05) is 18.5 Å². The van der Waals surface area contributed by atoms with Crippen LogP contribution in [0.25, 0.3) is 6.08 Å². The molecule has 1 fully saturated rings. The third kappa shape index (κ3) is 6.63. The molecular formula is C27H20BrF3N2O5S. The molecule has 0 aliphatic carbocycles. The van der Waals surface area contributed by atoms with Crippen LogP contribution in [0.15, 0.2) is 64.0 Å². The van der Waals surface area contributed by atoms with Crippen molar-refractivity contribution in [1.82, 2.24) is 4.90 Å². The molecule has 0 aromatic heterocycles. The van der Waals surface area contributed by atoms with E-state index in [4.69, 9.17) is 9.47 Å². The van der Waals surface area contributed by atoms with Crippen molar-refractivity contribution < 1.29 is 37.0 Å². The van der Waals surface area contributed by atoms with Gasteiger partial charge in [-0.3, -0.25) is 19.3 Å². The van der Waals surface area contributed by atoms with Gasteiger partial charge in [-0.1, -0.05) is 30.3 Å². The smallest absolute Gasteiger partial charge is 0.294 e. The Kier molecular flexibility index (Phi) is 8.97. The Morgan fingerprint density at radius 3 is 2.51 bits per heavy atom. The highest BCUT2D eigenvalue weighted by Gasteiger charge is 2.36. The number of ether oxygens (including phenoxy) is 2. The molecule has 3 aromatic carbocycles. The lowest BCUT2D eigenvalue weighted by Crippen LogP contribution is -2.36. The maximum atomic E-state index is 13.9. The van der Waals surface area contributed by atoms with Gasteiger partial charge in [0.1, 0.15) is 13.2 Å². The SMILES string of the molecule is CCOc1cc(/C=C2/SC(=O)N(CC(=O)Nc3ccc(F)c(F)c3F)C2=O)cc(Br)c1OCc1ccccc1. The van der Waals surface area contributed by atoms with E-state index in [2.05, 4.69) is 15.9 Å². The van der Waals surface area contributed by atoms with Gasteiger partial charge in [0.05, 0.1) is 21.7 Å². The van der Waals surface area contributed by atoms with Crippen molar-refractivity contribution in [2.24, 2.45) is 0 Å². The molecule has 3 amide bonds. The quantitative estimate of drug-likeness (QED) is 0.217. The zero-order valence-corrected chi connectivity index (χ0v) is 22.7. The van der Waals surface area contributed by atoms with Crippen molar-refractivity contribution in [2.45, 2.75) is 13.5 Å². The minimum Gasteiger partial charge on any atom is -0.490 e. The molecule has 1 aliphatic heterocycles. The number of carbonyl (C=O) groups excluding carboxylic acids is 3. The molecule has 0 bridgehead atoms. The first kappa shape index (κ1) is 28.2. The number of nitrogens with zero attached hydrogens (tertiary/aromatic N) is 1. The predicted molar refractivity (Wildman–Crippen MR) is 144 cm³/mol. The molecule has 0 atom stereocenters. The Hall–Kier alpha value is -3.77. The van der Waals surface area contributed by atoms with Crippen LogP contribution in [0.1, 0.15) is 18.1 Å². The van der Waals surface area contributed by atoms with Crippen molar-refractivity contribution in [3.05, 3.63) is 92.6 Å². The number of imide groups is 1. The molecule has 12 heteroatoms. The first-order valence-electron chi connectivity index (χ1n) is 11.5. The van der Waals surface area contributed by atoms with Gasteiger partial charge in [0, 0.05) is 0 Å². The summed E-state index contributed by atoms with van der Waals surface area (Å²) < 4.78 is 52.7. The van der Waals surface area contributed by atoms with E-state index in [1.165, 1.54) is 6.08 Å². The van der Waals surface area contributed by atoms with Crippen LogP contribution >= 0.6 is 27.7 Å². The molecule has 202 valence electrons. The number of amides is 3. The lowest BCUT2D eigenvalue weighted by atomic mass is 10.1. The van der Waals surface area contributed by atoms with E-state index >= 15 is 0 Å². The molecule has 4 rings (SSSR count). The lowest BCUT2D eigenvalue weighted by Gasteiger charge is -2.15. The molecular weight excluding hydrogens is 601 g/mol. The molecule has 3 aromatic rings. The van der Waals surface area contributed by atoms with Crippen LogP contribution in [0, 0.1) is 17.5 Å². The number of thioether (sulfide) groups is 1. The molecule has 0 radical (unpaired) electrons. The topological polar surface area (TPSA) is 84.9 Å². The summed E-state index contributed by atoms with van der Waals surface area (Å²) in [5.41, 5.74) is 0.862. The first-order valence-corrected chi connectivity index (χ1v) is 13.1. The highest BCUT2D eigenvalue weighted by molar-refractivity contribution is 9.10. The average Bonchev–Trinajstić information content (AvgIpc) is 3.16. The summed E-state index contributed by atoms with van der Waals surface area (Å²) in [6.07, 6.45) is 1.46. The molecule has 1 N–H and O–H groups in total. The van der Waals surface area contributed by atoms with Gasteiger partial charge in [-0.2, -0.15) is 0 Å². The van der Waals surface area contributed by atoms with Gasteiger partial charge in [0.2, 0.25) is 5.91 Å². The Labute approximate surface area is 234 Å². The first-order chi connectivity index (χ1) is 18.7. The summed E-state index contributed by atoms with van der Waals surface area (Å²) in [4.78, 5) is 38.4. The van der Waals surface area contributed by atoms with Crippen LogP contribution in [0.2, 0.25) is 0 Å². The predicted octanol–water partition coefficient (Wildman–Crippen LogP) is 6.52. The number of nitrogens with one attached hydrogen (secondary N) is 1. The Morgan fingerprint density at radius 1 is 1.05 bits per heavy atom. The molecule has 0 saturated carbocycles. The van der Waals surface area contributed by atoms with Gasteiger partial charge in [0.15, 0.2) is 29.0 Å². The standard InChI is InChI=1S/C27H20BrF3N2O5S/c1-2-37-20-11-16(10-17(28)25(20)38-14-15-6-4-3-5-7-15)12-21-26(35)33(27(36)39-21)13-22(34)32-19-9-8-18(29)23(30)24(19)31/h3-12H,2,13-14H2,1H3,(H,32,34)/b21-12+. The monoisotopic (exact) mass is 620 g/mol. The number of benzene rings is 3. The normalized spacial score (nSPS) is 14.2. The van der Waals surface area contributed by atoms with Crippen LogP contribution in [0.4, 0.5) is 23.7 Å². The van der Waals surface area contributed by atoms with E-state index in [1.807, 2.05) is 42.6 Å². The minimum absolute atomic E-state index is 0.0408. The number of hydrogen-bond donors (Lipinski definition) is 1. The fraction of sp³-hybridized carbons (Fsp3) is 0.148. The lowest BCUT2D eigenvalue weighted by molar-refractivity contribution is -0.127. The van der Waals surface area contributed by atoms with E-state index < -0.39 is 46.7 Å². The number of halogens is 4.